The van der Waals surface area contributed by atoms with Crippen molar-refractivity contribution >= 4 is 23.2 Å². The molecule has 13 heavy (non-hydrogen) atoms. The van der Waals surface area contributed by atoms with Crippen LogP contribution in [0.4, 0.5) is 8.78 Å². The van der Waals surface area contributed by atoms with Gasteiger partial charge in [-0.1, -0.05) is 23.4 Å². The maximum Gasteiger partial charge on any atom is 0.175 e. The maximum atomic E-state index is 13.0. The number of hydrogen-bond donors (Lipinski definition) is 0. The third kappa shape index (κ3) is 2.33. The van der Waals surface area contributed by atoms with Gasteiger partial charge in [-0.25, -0.2) is 8.78 Å². The lowest BCUT2D eigenvalue weighted by atomic mass is 10.2. The highest BCUT2D eigenvalue weighted by atomic mass is 35.5. The van der Waals surface area contributed by atoms with Gasteiger partial charge in [-0.3, -0.25) is 0 Å². The molecule has 0 bridgehead atoms. The zero-order valence-corrected chi connectivity index (χ0v) is 7.89. The molecule has 0 amide bonds. The van der Waals surface area contributed by atoms with E-state index in [0.717, 1.165) is 6.07 Å². The van der Waals surface area contributed by atoms with Gasteiger partial charge in [-0.05, 0) is 12.1 Å². The minimum atomic E-state index is -1.04. The molecule has 0 N–H and O–H groups in total. The van der Waals surface area contributed by atoms with Crippen molar-refractivity contribution in [2.45, 2.75) is 0 Å². The molecule has 0 unspecified atom stereocenters. The summed E-state index contributed by atoms with van der Waals surface area (Å²) in [7, 11) is 0. The fraction of sp³-hybridized carbons (Fsp3) is 0.111. The van der Waals surface area contributed by atoms with Gasteiger partial charge in [0.15, 0.2) is 11.6 Å². The fourth-order valence-corrected chi connectivity index (χ4v) is 1.02. The van der Waals surface area contributed by atoms with Crippen molar-refractivity contribution in [1.29, 1.82) is 0 Å². The monoisotopic (exact) mass is 220 g/mol. The Hall–Kier alpha value is -0.780. The first-order valence-electron chi connectivity index (χ1n) is 3.35. The average molecular weight is 221 g/mol. The number of alkyl halides is 1. The van der Waals surface area contributed by atoms with Crippen LogP contribution in [0.25, 0.3) is 0 Å². The van der Waals surface area contributed by atoms with Gasteiger partial charge in [0.1, 0.15) is 0 Å². The van der Waals surface area contributed by atoms with Crippen LogP contribution < -0.4 is 0 Å². The molecule has 0 aliphatic heterocycles. The van der Waals surface area contributed by atoms with E-state index in [-0.39, 0.29) is 16.5 Å². The normalized spacial score (nSPS) is 9.23. The smallest absolute Gasteiger partial charge is 0.175 e. The molecule has 0 radical (unpaired) electrons. The average Bonchev–Trinajstić information content (AvgIpc) is 2.12. The van der Waals surface area contributed by atoms with Crippen molar-refractivity contribution in [2.75, 3.05) is 5.88 Å². The molecular weight excluding hydrogens is 217 g/mol. The Labute approximate surface area is 84.5 Å². The molecule has 0 fully saturated rings. The lowest BCUT2D eigenvalue weighted by Gasteiger charge is -1.98. The first-order valence-corrected chi connectivity index (χ1v) is 4.26. The van der Waals surface area contributed by atoms with Crippen LogP contribution in [0.1, 0.15) is 5.56 Å². The molecule has 0 spiro atoms. The van der Waals surface area contributed by atoms with Crippen LogP contribution >= 0.6 is 23.2 Å². The largest absolute Gasteiger partial charge is 0.204 e. The Morgan fingerprint density at radius 2 is 2.00 bits per heavy atom. The standard InChI is InChI=1S/C9H4Cl2F2/c10-5-1-2-6-7(11)3-4-8(12)9(6)13/h3-4H,5H2. The number of benzene rings is 1. The molecule has 0 saturated carbocycles. The van der Waals surface area contributed by atoms with Gasteiger partial charge in [0.2, 0.25) is 0 Å². The molecule has 0 heterocycles. The van der Waals surface area contributed by atoms with Crippen LogP contribution in [0.3, 0.4) is 0 Å². The maximum absolute atomic E-state index is 13.0. The molecule has 1 aromatic carbocycles. The van der Waals surface area contributed by atoms with Crippen LogP contribution in [0.2, 0.25) is 5.02 Å². The van der Waals surface area contributed by atoms with Gasteiger partial charge < -0.3 is 0 Å². The first kappa shape index (κ1) is 10.3. The molecule has 0 nitrogen and oxygen atoms in total. The van der Waals surface area contributed by atoms with Crippen molar-refractivity contribution in [2.24, 2.45) is 0 Å². The van der Waals surface area contributed by atoms with Gasteiger partial charge >= 0.3 is 0 Å². The van der Waals surface area contributed by atoms with Crippen LogP contribution in [0, 0.1) is 23.5 Å². The third-order valence-electron chi connectivity index (χ3n) is 1.32. The minimum Gasteiger partial charge on any atom is -0.204 e. The lowest BCUT2D eigenvalue weighted by molar-refractivity contribution is 0.506. The molecule has 0 aromatic heterocycles. The van der Waals surface area contributed by atoms with Crippen LogP contribution in [0.15, 0.2) is 12.1 Å². The summed E-state index contributed by atoms with van der Waals surface area (Å²) in [5.41, 5.74) is -0.151. The summed E-state index contributed by atoms with van der Waals surface area (Å²) in [5, 5.41) is 0.0801. The van der Waals surface area contributed by atoms with Gasteiger partial charge in [0.25, 0.3) is 0 Å². The summed E-state index contributed by atoms with van der Waals surface area (Å²) < 4.78 is 25.6. The molecular formula is C9H4Cl2F2. The molecule has 0 atom stereocenters. The summed E-state index contributed by atoms with van der Waals surface area (Å²) in [4.78, 5) is 0. The Kier molecular flexibility index (Phi) is 3.53. The predicted molar refractivity (Wildman–Crippen MR) is 49.0 cm³/mol. The Balaban J connectivity index is 3.25. The summed E-state index contributed by atoms with van der Waals surface area (Å²) in [5.74, 6) is 2.78. The molecule has 1 rings (SSSR count). The highest BCUT2D eigenvalue weighted by molar-refractivity contribution is 6.31. The molecule has 1 aromatic rings. The number of halogens is 4. The van der Waals surface area contributed by atoms with Crippen LogP contribution in [-0.4, -0.2) is 5.88 Å². The van der Waals surface area contributed by atoms with Crippen LogP contribution in [-0.2, 0) is 0 Å². The molecule has 68 valence electrons. The zero-order valence-electron chi connectivity index (χ0n) is 6.37. The highest BCUT2D eigenvalue weighted by Gasteiger charge is 2.09. The lowest BCUT2D eigenvalue weighted by Crippen LogP contribution is -1.90. The Bertz CT molecular complexity index is 377. The van der Waals surface area contributed by atoms with Gasteiger partial charge in [-0.2, -0.15) is 0 Å². The zero-order chi connectivity index (χ0) is 9.84. The molecule has 0 aliphatic rings. The second kappa shape index (κ2) is 4.45. The Morgan fingerprint density at radius 1 is 1.31 bits per heavy atom. The SMILES string of the molecule is Fc1ccc(Cl)c(C#CCCl)c1F. The second-order valence-electron chi connectivity index (χ2n) is 2.15. The predicted octanol–water partition coefficient (Wildman–Crippen LogP) is 3.21. The van der Waals surface area contributed by atoms with E-state index in [1.807, 2.05) is 0 Å². The second-order valence-corrected chi connectivity index (χ2v) is 2.83. The quantitative estimate of drug-likeness (QED) is 0.358. The van der Waals surface area contributed by atoms with Crippen molar-refractivity contribution < 1.29 is 8.78 Å². The number of hydrogen-bond acceptors (Lipinski definition) is 0. The minimum absolute atomic E-state index is 0.0479. The molecule has 0 aliphatic carbocycles. The van der Waals surface area contributed by atoms with Crippen molar-refractivity contribution in [3.8, 4) is 11.8 Å². The molecule has 0 saturated heterocycles. The Morgan fingerprint density at radius 3 is 2.62 bits per heavy atom. The van der Waals surface area contributed by atoms with E-state index in [0.29, 0.717) is 0 Å². The fourth-order valence-electron chi connectivity index (χ4n) is 0.763. The summed E-state index contributed by atoms with van der Waals surface area (Å²) >= 11 is 10.8. The van der Waals surface area contributed by atoms with Gasteiger partial charge in [0.05, 0.1) is 16.5 Å². The number of rotatable bonds is 0. The van der Waals surface area contributed by atoms with Gasteiger partial charge in [0, 0.05) is 0 Å². The van der Waals surface area contributed by atoms with E-state index >= 15 is 0 Å². The summed E-state index contributed by atoms with van der Waals surface area (Å²) in [6.45, 7) is 0. The van der Waals surface area contributed by atoms with E-state index in [2.05, 4.69) is 11.8 Å². The van der Waals surface area contributed by atoms with Crippen LogP contribution in [0.5, 0.6) is 0 Å². The van der Waals surface area contributed by atoms with Crippen molar-refractivity contribution in [3.63, 3.8) is 0 Å². The van der Waals surface area contributed by atoms with E-state index in [9.17, 15) is 8.78 Å². The van der Waals surface area contributed by atoms with E-state index in [1.165, 1.54) is 6.07 Å². The van der Waals surface area contributed by atoms with E-state index in [4.69, 9.17) is 23.2 Å². The highest BCUT2D eigenvalue weighted by Crippen LogP contribution is 2.20. The summed E-state index contributed by atoms with van der Waals surface area (Å²) in [6.07, 6.45) is 0. The summed E-state index contributed by atoms with van der Waals surface area (Å²) in [6, 6.07) is 2.20. The molecule has 4 heteroatoms. The van der Waals surface area contributed by atoms with Gasteiger partial charge in [-0.15, -0.1) is 11.6 Å². The first-order chi connectivity index (χ1) is 6.16. The van der Waals surface area contributed by atoms with Crippen molar-refractivity contribution in [3.05, 3.63) is 34.4 Å². The van der Waals surface area contributed by atoms with E-state index in [1.54, 1.807) is 0 Å². The van der Waals surface area contributed by atoms with Crippen molar-refractivity contribution in [1.82, 2.24) is 0 Å². The third-order valence-corrected chi connectivity index (χ3v) is 1.77. The van der Waals surface area contributed by atoms with E-state index < -0.39 is 11.6 Å². The topological polar surface area (TPSA) is 0 Å².